The summed E-state index contributed by atoms with van der Waals surface area (Å²) in [5.74, 6) is 3.32. The first-order valence-electron chi connectivity index (χ1n) is 8.72. The lowest BCUT2D eigenvalue weighted by atomic mass is 10.1. The Hall–Kier alpha value is -1.30. The van der Waals surface area contributed by atoms with Crippen molar-refractivity contribution in [3.05, 3.63) is 42.0 Å². The number of benzene rings is 1. The van der Waals surface area contributed by atoms with Gasteiger partial charge in [0, 0.05) is 6.42 Å². The van der Waals surface area contributed by atoms with Gasteiger partial charge in [-0.25, -0.2) is 0 Å². The van der Waals surface area contributed by atoms with E-state index < -0.39 is 14.2 Å². The Kier molecular flexibility index (Phi) is 7.82. The predicted molar refractivity (Wildman–Crippen MR) is 105 cm³/mol. The molecule has 0 aliphatic rings. The van der Waals surface area contributed by atoms with Crippen molar-refractivity contribution in [2.24, 2.45) is 0 Å². The van der Waals surface area contributed by atoms with Crippen molar-refractivity contribution < 1.29 is 5.11 Å². The standard InChI is InChI=1S/C21H32OSi/c1-17(2)23(18(3)4,19(5)6)16-10-13-21(22)15-14-20-11-8-7-9-12-20/h7-9,11-12,14-15,17-19,21-22H,13H2,1-6H3/b15-14+. The number of hydrogen-bond acceptors (Lipinski definition) is 1. The molecule has 1 nitrogen and oxygen atoms in total. The molecule has 0 saturated heterocycles. The van der Waals surface area contributed by atoms with Crippen molar-refractivity contribution in [3.8, 4) is 11.5 Å². The van der Waals surface area contributed by atoms with Gasteiger partial charge in [0.05, 0.1) is 6.10 Å². The molecule has 0 spiro atoms. The fraction of sp³-hybridized carbons (Fsp3) is 0.524. The van der Waals surface area contributed by atoms with Gasteiger partial charge in [-0.2, -0.15) is 0 Å². The third kappa shape index (κ3) is 5.37. The highest BCUT2D eigenvalue weighted by molar-refractivity contribution is 6.90. The van der Waals surface area contributed by atoms with E-state index in [1.54, 1.807) is 0 Å². The second kappa shape index (κ2) is 9.10. The molecule has 1 aromatic rings. The predicted octanol–water partition coefficient (Wildman–Crippen LogP) is 5.67. The molecule has 0 fully saturated rings. The smallest absolute Gasteiger partial charge is 0.145 e. The molecular weight excluding hydrogens is 296 g/mol. The maximum absolute atomic E-state index is 10.1. The zero-order valence-corrected chi connectivity index (χ0v) is 16.5. The summed E-state index contributed by atoms with van der Waals surface area (Å²) in [7, 11) is -1.68. The van der Waals surface area contributed by atoms with Gasteiger partial charge < -0.3 is 5.11 Å². The fourth-order valence-corrected chi connectivity index (χ4v) is 8.87. The van der Waals surface area contributed by atoms with Gasteiger partial charge in [-0.15, -0.1) is 11.5 Å². The van der Waals surface area contributed by atoms with Crippen LogP contribution in [0.15, 0.2) is 36.4 Å². The van der Waals surface area contributed by atoms with Gasteiger partial charge in [0.2, 0.25) is 0 Å². The first-order chi connectivity index (χ1) is 10.8. The molecule has 0 aromatic heterocycles. The summed E-state index contributed by atoms with van der Waals surface area (Å²) >= 11 is 0. The van der Waals surface area contributed by atoms with E-state index in [1.165, 1.54) is 0 Å². The van der Waals surface area contributed by atoms with Crippen LogP contribution in [0.2, 0.25) is 16.6 Å². The normalized spacial score (nSPS) is 13.7. The molecule has 0 aliphatic carbocycles. The van der Waals surface area contributed by atoms with Crippen molar-refractivity contribution >= 4 is 14.1 Å². The Balaban J connectivity index is 2.79. The monoisotopic (exact) mass is 328 g/mol. The molecule has 2 heteroatoms. The van der Waals surface area contributed by atoms with Crippen LogP contribution in [0.3, 0.4) is 0 Å². The van der Waals surface area contributed by atoms with Gasteiger partial charge in [0.15, 0.2) is 0 Å². The molecule has 1 atom stereocenters. The topological polar surface area (TPSA) is 20.2 Å². The zero-order chi connectivity index (χ0) is 17.5. The summed E-state index contributed by atoms with van der Waals surface area (Å²) in [5, 5.41) is 10.1. The molecule has 1 N–H and O–H groups in total. The zero-order valence-electron chi connectivity index (χ0n) is 15.5. The Morgan fingerprint density at radius 1 is 0.957 bits per heavy atom. The van der Waals surface area contributed by atoms with E-state index in [9.17, 15) is 5.11 Å². The van der Waals surface area contributed by atoms with Gasteiger partial charge in [-0.1, -0.05) is 84.0 Å². The van der Waals surface area contributed by atoms with Crippen LogP contribution in [-0.4, -0.2) is 19.3 Å². The van der Waals surface area contributed by atoms with Crippen LogP contribution in [0.1, 0.15) is 53.5 Å². The number of rotatable bonds is 6. The van der Waals surface area contributed by atoms with E-state index in [1.807, 2.05) is 42.5 Å². The lowest BCUT2D eigenvalue weighted by Gasteiger charge is -2.38. The third-order valence-corrected chi connectivity index (χ3v) is 11.1. The van der Waals surface area contributed by atoms with Crippen LogP contribution in [0.5, 0.6) is 0 Å². The van der Waals surface area contributed by atoms with Crippen molar-refractivity contribution in [1.82, 2.24) is 0 Å². The lowest BCUT2D eigenvalue weighted by Crippen LogP contribution is -2.43. The van der Waals surface area contributed by atoms with Crippen molar-refractivity contribution in [1.29, 1.82) is 0 Å². The van der Waals surface area contributed by atoms with Crippen LogP contribution >= 0.6 is 0 Å². The molecule has 0 radical (unpaired) electrons. The second-order valence-electron chi connectivity index (χ2n) is 7.24. The maximum atomic E-state index is 10.1. The summed E-state index contributed by atoms with van der Waals surface area (Å²) in [6.07, 6.45) is 3.82. The molecule has 23 heavy (non-hydrogen) atoms. The van der Waals surface area contributed by atoms with Crippen molar-refractivity contribution in [3.63, 3.8) is 0 Å². The van der Waals surface area contributed by atoms with E-state index in [-0.39, 0.29) is 0 Å². The molecule has 1 unspecified atom stereocenters. The van der Waals surface area contributed by atoms with Gasteiger partial charge in [-0.3, -0.25) is 0 Å². The molecular formula is C21H32OSi. The van der Waals surface area contributed by atoms with Crippen LogP contribution in [0, 0.1) is 11.5 Å². The highest BCUT2D eigenvalue weighted by atomic mass is 28.3. The minimum Gasteiger partial charge on any atom is -0.388 e. The lowest BCUT2D eigenvalue weighted by molar-refractivity contribution is 0.230. The van der Waals surface area contributed by atoms with Gasteiger partial charge in [0.25, 0.3) is 0 Å². The first-order valence-corrected chi connectivity index (χ1v) is 10.9. The Bertz CT molecular complexity index is 524. The summed E-state index contributed by atoms with van der Waals surface area (Å²) in [4.78, 5) is 0. The van der Waals surface area contributed by atoms with Crippen LogP contribution < -0.4 is 0 Å². The van der Waals surface area contributed by atoms with E-state index in [4.69, 9.17) is 0 Å². The molecule has 0 amide bonds. The highest BCUT2D eigenvalue weighted by Crippen LogP contribution is 2.40. The SMILES string of the molecule is CC(C)[Si](C#CCC(O)/C=C/c1ccccc1)(C(C)C)C(C)C. The van der Waals surface area contributed by atoms with E-state index in [0.717, 1.165) is 5.56 Å². The van der Waals surface area contributed by atoms with Crippen LogP contribution in [-0.2, 0) is 0 Å². The van der Waals surface area contributed by atoms with Gasteiger partial charge in [0.1, 0.15) is 8.07 Å². The fourth-order valence-electron chi connectivity index (χ4n) is 3.60. The Labute approximate surface area is 143 Å². The summed E-state index contributed by atoms with van der Waals surface area (Å²) in [6.45, 7) is 13.9. The average molecular weight is 329 g/mol. The first kappa shape index (κ1) is 19.7. The molecule has 0 saturated carbocycles. The molecule has 1 aromatic carbocycles. The van der Waals surface area contributed by atoms with Crippen LogP contribution in [0.4, 0.5) is 0 Å². The molecule has 126 valence electrons. The second-order valence-corrected chi connectivity index (χ2v) is 12.8. The van der Waals surface area contributed by atoms with E-state index >= 15 is 0 Å². The Morgan fingerprint density at radius 3 is 1.96 bits per heavy atom. The Morgan fingerprint density at radius 2 is 1.48 bits per heavy atom. The molecule has 0 aliphatic heterocycles. The minimum absolute atomic E-state index is 0.499. The van der Waals surface area contributed by atoms with E-state index in [2.05, 4.69) is 53.0 Å². The van der Waals surface area contributed by atoms with Crippen LogP contribution in [0.25, 0.3) is 6.08 Å². The largest absolute Gasteiger partial charge is 0.388 e. The quantitative estimate of drug-likeness (QED) is 0.527. The minimum atomic E-state index is -1.68. The molecule has 0 bridgehead atoms. The van der Waals surface area contributed by atoms with Crippen molar-refractivity contribution in [2.75, 3.05) is 0 Å². The summed E-state index contributed by atoms with van der Waals surface area (Å²) < 4.78 is 0. The van der Waals surface area contributed by atoms with Gasteiger partial charge in [-0.05, 0) is 22.2 Å². The average Bonchev–Trinajstić information content (AvgIpc) is 2.49. The summed E-state index contributed by atoms with van der Waals surface area (Å²) in [5.41, 5.74) is 6.66. The number of hydrogen-bond donors (Lipinski definition) is 1. The third-order valence-electron chi connectivity index (χ3n) is 4.79. The highest BCUT2D eigenvalue weighted by Gasteiger charge is 2.41. The van der Waals surface area contributed by atoms with Gasteiger partial charge >= 0.3 is 0 Å². The number of aliphatic hydroxyl groups excluding tert-OH is 1. The molecule has 0 heterocycles. The van der Waals surface area contributed by atoms with Crippen molar-refractivity contribution in [2.45, 2.75) is 70.7 Å². The van der Waals surface area contributed by atoms with E-state index in [0.29, 0.717) is 23.0 Å². The summed E-state index contributed by atoms with van der Waals surface area (Å²) in [6, 6.07) is 10.1. The molecule has 1 rings (SSSR count). The number of aliphatic hydroxyl groups is 1. The maximum Gasteiger partial charge on any atom is 0.145 e.